The van der Waals surface area contributed by atoms with E-state index in [1.54, 1.807) is 0 Å². The highest BCUT2D eigenvalue weighted by molar-refractivity contribution is 7.89. The van der Waals surface area contributed by atoms with Crippen molar-refractivity contribution in [2.75, 3.05) is 31.5 Å². The molecule has 33 heavy (non-hydrogen) atoms. The lowest BCUT2D eigenvalue weighted by molar-refractivity contribution is -0.0707. The van der Waals surface area contributed by atoms with Crippen LogP contribution in [0, 0.1) is 5.82 Å². The first kappa shape index (κ1) is 24.2. The number of carbonyl (C=O) groups excluding carboxylic acids is 1. The second-order valence-electron chi connectivity index (χ2n) is 8.66. The van der Waals surface area contributed by atoms with Crippen LogP contribution in [0.3, 0.4) is 0 Å². The SMILES string of the molecule is CC1CN(Cc2csc(NC(=O)c3ccc(F)c(S(=O)(=O)N4CCCCC4)c3)n2)CC(C)O1. The maximum atomic E-state index is 14.4. The van der Waals surface area contributed by atoms with Crippen LogP contribution >= 0.6 is 11.3 Å². The van der Waals surface area contributed by atoms with E-state index >= 15 is 0 Å². The summed E-state index contributed by atoms with van der Waals surface area (Å²) in [5, 5.41) is 5.00. The number of benzene rings is 1. The molecule has 1 aromatic carbocycles. The Morgan fingerprint density at radius 3 is 2.61 bits per heavy atom. The zero-order valence-corrected chi connectivity index (χ0v) is 20.4. The number of morpholine rings is 1. The molecule has 1 aromatic heterocycles. The minimum atomic E-state index is -3.99. The van der Waals surface area contributed by atoms with Gasteiger partial charge in [-0.2, -0.15) is 4.31 Å². The van der Waals surface area contributed by atoms with Gasteiger partial charge in [0.25, 0.3) is 5.91 Å². The van der Waals surface area contributed by atoms with Crippen LogP contribution in [0.25, 0.3) is 0 Å². The van der Waals surface area contributed by atoms with Gasteiger partial charge in [-0.05, 0) is 44.9 Å². The number of hydrogen-bond donors (Lipinski definition) is 1. The van der Waals surface area contributed by atoms with Gasteiger partial charge in [0.2, 0.25) is 10.0 Å². The van der Waals surface area contributed by atoms with Gasteiger partial charge in [0.1, 0.15) is 10.7 Å². The molecule has 2 aliphatic heterocycles. The van der Waals surface area contributed by atoms with Crippen LogP contribution in [0.4, 0.5) is 9.52 Å². The summed E-state index contributed by atoms with van der Waals surface area (Å²) in [6.45, 7) is 7.08. The lowest BCUT2D eigenvalue weighted by atomic mass is 10.2. The van der Waals surface area contributed by atoms with Crippen molar-refractivity contribution in [3.05, 3.63) is 40.7 Å². The second-order valence-corrected chi connectivity index (χ2v) is 11.4. The number of hydrogen-bond acceptors (Lipinski definition) is 7. The van der Waals surface area contributed by atoms with E-state index in [1.165, 1.54) is 21.7 Å². The van der Waals surface area contributed by atoms with E-state index < -0.39 is 26.6 Å². The minimum absolute atomic E-state index is 0.0690. The molecule has 0 saturated carbocycles. The standard InChI is InChI=1S/C22H29FN4O4S2/c1-15-11-26(12-16(2)31-15)13-18-14-32-22(24-18)25-21(28)17-6-7-19(23)20(10-17)33(29,30)27-8-4-3-5-9-27/h6-7,10,14-16H,3-5,8-9,11-13H2,1-2H3,(H,24,25,28). The summed E-state index contributed by atoms with van der Waals surface area (Å²) in [7, 11) is -3.99. The van der Waals surface area contributed by atoms with Gasteiger partial charge in [-0.25, -0.2) is 17.8 Å². The zero-order valence-electron chi connectivity index (χ0n) is 18.8. The summed E-state index contributed by atoms with van der Waals surface area (Å²) in [5.41, 5.74) is 0.906. The van der Waals surface area contributed by atoms with Crippen LogP contribution < -0.4 is 5.32 Å². The van der Waals surface area contributed by atoms with Gasteiger partial charge in [0, 0.05) is 43.7 Å². The molecule has 4 rings (SSSR count). The summed E-state index contributed by atoms with van der Waals surface area (Å²) < 4.78 is 47.3. The summed E-state index contributed by atoms with van der Waals surface area (Å²) in [6.07, 6.45) is 2.75. The molecule has 2 fully saturated rings. The third kappa shape index (κ3) is 5.78. The Bertz CT molecular complexity index is 1090. The first-order chi connectivity index (χ1) is 15.7. The third-order valence-corrected chi connectivity index (χ3v) is 8.50. The van der Waals surface area contributed by atoms with Gasteiger partial charge in [-0.1, -0.05) is 6.42 Å². The molecule has 2 aromatic rings. The number of thiazole rings is 1. The van der Waals surface area contributed by atoms with Crippen molar-refractivity contribution in [2.45, 2.75) is 56.8 Å². The van der Waals surface area contributed by atoms with Gasteiger partial charge in [0.05, 0.1) is 17.9 Å². The smallest absolute Gasteiger partial charge is 0.257 e. The number of amides is 1. The van der Waals surface area contributed by atoms with Crippen molar-refractivity contribution in [3.63, 3.8) is 0 Å². The average Bonchev–Trinajstić information content (AvgIpc) is 3.20. The molecular weight excluding hydrogens is 467 g/mol. The number of anilines is 1. The summed E-state index contributed by atoms with van der Waals surface area (Å²) in [5.74, 6) is -1.39. The Hall–Kier alpha value is -1.92. The topological polar surface area (TPSA) is 91.8 Å². The highest BCUT2D eigenvalue weighted by Gasteiger charge is 2.29. The first-order valence-corrected chi connectivity index (χ1v) is 13.5. The average molecular weight is 497 g/mol. The fourth-order valence-electron chi connectivity index (χ4n) is 4.34. The van der Waals surface area contributed by atoms with Crippen molar-refractivity contribution in [3.8, 4) is 0 Å². The number of nitrogens with zero attached hydrogens (tertiary/aromatic N) is 3. The predicted molar refractivity (Wildman–Crippen MR) is 124 cm³/mol. The van der Waals surface area contributed by atoms with E-state index in [4.69, 9.17) is 4.74 Å². The maximum Gasteiger partial charge on any atom is 0.257 e. The van der Waals surface area contributed by atoms with Crippen LogP contribution in [-0.2, 0) is 21.3 Å². The molecule has 3 heterocycles. The first-order valence-electron chi connectivity index (χ1n) is 11.2. The largest absolute Gasteiger partial charge is 0.373 e. The number of aromatic nitrogens is 1. The van der Waals surface area contributed by atoms with Gasteiger partial charge < -0.3 is 4.74 Å². The third-order valence-electron chi connectivity index (χ3n) is 5.78. The normalized spacial score (nSPS) is 22.9. The van der Waals surface area contributed by atoms with Gasteiger partial charge in [-0.15, -0.1) is 11.3 Å². The fraction of sp³-hybridized carbons (Fsp3) is 0.545. The number of ether oxygens (including phenoxy) is 1. The van der Waals surface area contributed by atoms with E-state index in [9.17, 15) is 17.6 Å². The zero-order chi connectivity index (χ0) is 23.6. The van der Waals surface area contributed by atoms with E-state index in [0.29, 0.717) is 24.8 Å². The molecule has 2 aliphatic rings. The number of rotatable bonds is 6. The van der Waals surface area contributed by atoms with Crippen LogP contribution in [0.5, 0.6) is 0 Å². The molecule has 2 unspecified atom stereocenters. The molecule has 180 valence electrons. The molecule has 1 amide bonds. The van der Waals surface area contributed by atoms with Crippen molar-refractivity contribution in [2.24, 2.45) is 0 Å². The number of piperidine rings is 1. The molecular formula is C22H29FN4O4S2. The highest BCUT2D eigenvalue weighted by atomic mass is 32.2. The van der Waals surface area contributed by atoms with Crippen molar-refractivity contribution in [1.29, 1.82) is 0 Å². The molecule has 2 atom stereocenters. The molecule has 2 saturated heterocycles. The molecule has 1 N–H and O–H groups in total. The number of sulfonamides is 1. The minimum Gasteiger partial charge on any atom is -0.373 e. The monoisotopic (exact) mass is 496 g/mol. The Morgan fingerprint density at radius 1 is 1.21 bits per heavy atom. The molecule has 0 aliphatic carbocycles. The lowest BCUT2D eigenvalue weighted by Gasteiger charge is -2.34. The van der Waals surface area contributed by atoms with E-state index in [-0.39, 0.29) is 17.8 Å². The lowest BCUT2D eigenvalue weighted by Crippen LogP contribution is -2.44. The maximum absolute atomic E-state index is 14.4. The molecule has 0 radical (unpaired) electrons. The fourth-order valence-corrected chi connectivity index (χ4v) is 6.64. The number of nitrogens with one attached hydrogen (secondary N) is 1. The summed E-state index contributed by atoms with van der Waals surface area (Å²) in [6, 6.07) is 3.42. The Labute approximate surface area is 197 Å². The van der Waals surface area contributed by atoms with Crippen molar-refractivity contribution >= 4 is 32.4 Å². The van der Waals surface area contributed by atoms with Crippen LogP contribution in [0.2, 0.25) is 0 Å². The van der Waals surface area contributed by atoms with E-state index in [2.05, 4.69) is 15.2 Å². The summed E-state index contributed by atoms with van der Waals surface area (Å²) >= 11 is 1.30. The summed E-state index contributed by atoms with van der Waals surface area (Å²) in [4.78, 5) is 19.0. The number of carbonyl (C=O) groups is 1. The van der Waals surface area contributed by atoms with Crippen LogP contribution in [0.15, 0.2) is 28.5 Å². The molecule has 0 spiro atoms. The highest BCUT2D eigenvalue weighted by Crippen LogP contribution is 2.25. The number of halogens is 1. The second kappa shape index (κ2) is 10.1. The van der Waals surface area contributed by atoms with Gasteiger partial charge >= 0.3 is 0 Å². The van der Waals surface area contributed by atoms with Gasteiger partial charge in [-0.3, -0.25) is 15.0 Å². The van der Waals surface area contributed by atoms with E-state index in [0.717, 1.165) is 50.2 Å². The van der Waals surface area contributed by atoms with Crippen molar-refractivity contribution < 1.29 is 22.3 Å². The van der Waals surface area contributed by atoms with Crippen LogP contribution in [-0.4, -0.2) is 66.9 Å². The van der Waals surface area contributed by atoms with E-state index in [1.807, 2.05) is 19.2 Å². The van der Waals surface area contributed by atoms with Crippen molar-refractivity contribution in [1.82, 2.24) is 14.2 Å². The Morgan fingerprint density at radius 2 is 1.91 bits per heavy atom. The Kier molecular flexibility index (Phi) is 7.44. The molecule has 11 heteroatoms. The quantitative estimate of drug-likeness (QED) is 0.660. The Balaban J connectivity index is 1.44. The molecule has 8 nitrogen and oxygen atoms in total. The predicted octanol–water partition coefficient (Wildman–Crippen LogP) is 3.32. The van der Waals surface area contributed by atoms with Gasteiger partial charge in [0.15, 0.2) is 5.13 Å². The van der Waals surface area contributed by atoms with Crippen LogP contribution in [0.1, 0.15) is 49.2 Å². The molecule has 0 bridgehead atoms.